The average Bonchev–Trinajstić information content (AvgIpc) is 3.54. The van der Waals surface area contributed by atoms with Crippen LogP contribution in [0.1, 0.15) is 58.4 Å². The second-order valence-corrected chi connectivity index (χ2v) is 10.3. The van der Waals surface area contributed by atoms with E-state index in [1.54, 1.807) is 12.1 Å². The van der Waals surface area contributed by atoms with E-state index in [9.17, 15) is 38.6 Å². The largest absolute Gasteiger partial charge is 0.203 e. The number of nitriles is 6. The smallest absolute Gasteiger partial charge is 0.180 e. The van der Waals surface area contributed by atoms with Crippen LogP contribution in [-0.4, -0.2) is 0 Å². The minimum absolute atomic E-state index is 0.131. The minimum atomic E-state index is -2.14. The van der Waals surface area contributed by atoms with E-state index >= 15 is 17.6 Å². The lowest BCUT2D eigenvalue weighted by Crippen LogP contribution is -2.07. The standard InChI is InChI=1S/C34H8F8N6/c1-11(2)21-15-4-16-14(3-13(15)17(7-45)23(21)25-31(39)27(35)19(9-47)28(36)32(25)40)18(8-46)24(22(16)12(5-43)6-44)26-33(41)29(37)20(10-48)30(38)34(26)42/h3-4H,1-2H3. The first-order valence-corrected chi connectivity index (χ1v) is 13.0. The number of fused-ring (bicyclic) bond motifs is 2. The van der Waals surface area contributed by atoms with Crippen LogP contribution in [0.3, 0.4) is 0 Å². The van der Waals surface area contributed by atoms with Crippen molar-refractivity contribution in [1.29, 1.82) is 31.6 Å². The zero-order valence-corrected chi connectivity index (χ0v) is 23.9. The van der Waals surface area contributed by atoms with Gasteiger partial charge in [-0.15, -0.1) is 0 Å². The van der Waals surface area contributed by atoms with Gasteiger partial charge in [0.2, 0.25) is 0 Å². The molecule has 0 aliphatic heterocycles. The second-order valence-electron chi connectivity index (χ2n) is 10.3. The van der Waals surface area contributed by atoms with Crippen LogP contribution < -0.4 is 0 Å². The lowest BCUT2D eigenvalue weighted by atomic mass is 9.88. The third-order valence-electron chi connectivity index (χ3n) is 7.68. The molecule has 230 valence electrons. The Balaban J connectivity index is 1.99. The molecule has 0 saturated heterocycles. The van der Waals surface area contributed by atoms with Crippen molar-refractivity contribution in [3.05, 3.63) is 114 Å². The van der Waals surface area contributed by atoms with E-state index in [0.29, 0.717) is 0 Å². The molecule has 0 fully saturated rings. The fourth-order valence-electron chi connectivity index (χ4n) is 5.76. The Labute approximate surface area is 264 Å². The van der Waals surface area contributed by atoms with E-state index in [0.717, 1.165) is 24.3 Å². The van der Waals surface area contributed by atoms with Gasteiger partial charge in [0.15, 0.2) is 46.5 Å². The summed E-state index contributed by atoms with van der Waals surface area (Å²) in [6.07, 6.45) is 0. The lowest BCUT2D eigenvalue weighted by molar-refractivity contribution is 0.447. The summed E-state index contributed by atoms with van der Waals surface area (Å²) < 4.78 is 121. The molecule has 0 bridgehead atoms. The van der Waals surface area contributed by atoms with Crippen molar-refractivity contribution in [1.82, 2.24) is 0 Å². The molecule has 2 aliphatic carbocycles. The Morgan fingerprint density at radius 3 is 1.10 bits per heavy atom. The molecule has 0 spiro atoms. The van der Waals surface area contributed by atoms with Crippen LogP contribution in [0.5, 0.6) is 0 Å². The maximum atomic E-state index is 15.4. The fraction of sp³-hybridized carbons (Fsp3) is 0.0588. The number of hydrogen-bond donors (Lipinski definition) is 0. The van der Waals surface area contributed by atoms with Crippen molar-refractivity contribution in [2.24, 2.45) is 0 Å². The van der Waals surface area contributed by atoms with Crippen LogP contribution >= 0.6 is 0 Å². The summed E-state index contributed by atoms with van der Waals surface area (Å²) in [5, 5.41) is 57.9. The average molecular weight is 652 g/mol. The molecule has 5 rings (SSSR count). The number of hydrogen-bond acceptors (Lipinski definition) is 6. The quantitative estimate of drug-likeness (QED) is 0.156. The molecule has 0 atom stereocenters. The molecular formula is C34H8F8N6. The van der Waals surface area contributed by atoms with Crippen molar-refractivity contribution in [2.75, 3.05) is 0 Å². The SMILES string of the molecule is CC(C)=C1C(c2c(F)c(F)c(C#N)c(F)c2F)=C(C#N)c2cc3c(cc21)C(=C(C#N)C#N)C(c1c(F)c(F)c(C#N)c(F)c1F)=C3C#N. The fourth-order valence-corrected chi connectivity index (χ4v) is 5.76. The highest BCUT2D eigenvalue weighted by Crippen LogP contribution is 2.55. The number of allylic oxidation sites excluding steroid dienone is 8. The van der Waals surface area contributed by atoms with Crippen LogP contribution in [0.4, 0.5) is 35.1 Å². The minimum Gasteiger partial charge on any atom is -0.203 e. The van der Waals surface area contributed by atoms with Gasteiger partial charge in [0.05, 0.1) is 22.3 Å². The molecule has 0 amide bonds. The number of benzene rings is 3. The molecule has 2 aliphatic rings. The Morgan fingerprint density at radius 1 is 0.458 bits per heavy atom. The van der Waals surface area contributed by atoms with Crippen LogP contribution in [-0.2, 0) is 0 Å². The summed E-state index contributed by atoms with van der Waals surface area (Å²) in [5.74, 6) is -16.7. The van der Waals surface area contributed by atoms with Crippen molar-refractivity contribution in [2.45, 2.75) is 13.8 Å². The van der Waals surface area contributed by atoms with E-state index in [1.165, 1.54) is 26.0 Å². The topological polar surface area (TPSA) is 143 Å². The first-order valence-electron chi connectivity index (χ1n) is 13.0. The van der Waals surface area contributed by atoms with E-state index in [4.69, 9.17) is 10.5 Å². The van der Waals surface area contributed by atoms with Crippen LogP contribution in [0, 0.1) is 115 Å². The van der Waals surface area contributed by atoms with E-state index in [-0.39, 0.29) is 33.4 Å². The zero-order valence-electron chi connectivity index (χ0n) is 23.9. The summed E-state index contributed by atoms with van der Waals surface area (Å²) in [6.45, 7) is 2.76. The second kappa shape index (κ2) is 11.4. The molecule has 0 N–H and O–H groups in total. The van der Waals surface area contributed by atoms with Crippen molar-refractivity contribution >= 4 is 33.4 Å². The normalized spacial score (nSPS) is 12.8. The number of halogens is 8. The van der Waals surface area contributed by atoms with Crippen LogP contribution in [0.25, 0.3) is 33.4 Å². The first-order chi connectivity index (χ1) is 22.8. The van der Waals surface area contributed by atoms with E-state index in [1.807, 2.05) is 0 Å². The molecule has 14 heteroatoms. The maximum absolute atomic E-state index is 15.4. The van der Waals surface area contributed by atoms with Crippen LogP contribution in [0.2, 0.25) is 0 Å². The van der Waals surface area contributed by atoms with Gasteiger partial charge in [-0.2, -0.15) is 31.6 Å². The van der Waals surface area contributed by atoms with Gasteiger partial charge in [0.25, 0.3) is 0 Å². The third kappa shape index (κ3) is 4.11. The Hall–Kier alpha value is -7.00. The van der Waals surface area contributed by atoms with E-state index < -0.39 is 102 Å². The maximum Gasteiger partial charge on any atom is 0.180 e. The monoisotopic (exact) mass is 652 g/mol. The highest BCUT2D eigenvalue weighted by molar-refractivity contribution is 6.29. The van der Waals surface area contributed by atoms with Gasteiger partial charge in [-0.05, 0) is 42.7 Å². The summed E-state index contributed by atoms with van der Waals surface area (Å²) in [5.41, 5.74) is -11.8. The number of rotatable bonds is 2. The molecule has 0 radical (unpaired) electrons. The van der Waals surface area contributed by atoms with Crippen molar-refractivity contribution in [3.63, 3.8) is 0 Å². The molecule has 3 aromatic carbocycles. The van der Waals surface area contributed by atoms with Crippen LogP contribution in [0.15, 0.2) is 23.3 Å². The van der Waals surface area contributed by atoms with Gasteiger partial charge >= 0.3 is 0 Å². The Morgan fingerprint density at radius 2 is 0.792 bits per heavy atom. The van der Waals surface area contributed by atoms with Gasteiger partial charge in [0.1, 0.15) is 53.1 Å². The number of nitrogens with zero attached hydrogens (tertiary/aromatic N) is 6. The highest BCUT2D eigenvalue weighted by Gasteiger charge is 2.41. The summed E-state index contributed by atoms with van der Waals surface area (Å²) >= 11 is 0. The third-order valence-corrected chi connectivity index (χ3v) is 7.68. The lowest BCUT2D eigenvalue weighted by Gasteiger charge is -2.15. The molecule has 0 aromatic heterocycles. The molecular weight excluding hydrogens is 644 g/mol. The van der Waals surface area contributed by atoms with Crippen molar-refractivity contribution < 1.29 is 35.1 Å². The van der Waals surface area contributed by atoms with Gasteiger partial charge in [0, 0.05) is 27.8 Å². The van der Waals surface area contributed by atoms with Gasteiger partial charge in [-0.3, -0.25) is 0 Å². The zero-order chi connectivity index (χ0) is 35.5. The Kier molecular flexibility index (Phi) is 7.71. The summed E-state index contributed by atoms with van der Waals surface area (Å²) in [4.78, 5) is 0. The van der Waals surface area contributed by atoms with Gasteiger partial charge in [-0.1, -0.05) is 5.57 Å². The molecule has 0 heterocycles. The Bertz CT molecular complexity index is 2430. The van der Waals surface area contributed by atoms with Gasteiger partial charge in [-0.25, -0.2) is 35.1 Å². The molecule has 0 saturated carbocycles. The molecule has 0 unspecified atom stereocenters. The van der Waals surface area contributed by atoms with E-state index in [2.05, 4.69) is 0 Å². The molecule has 48 heavy (non-hydrogen) atoms. The molecule has 3 aromatic rings. The first kappa shape index (κ1) is 32.4. The predicted octanol–water partition coefficient (Wildman–Crippen LogP) is 8.03. The predicted molar refractivity (Wildman–Crippen MR) is 150 cm³/mol. The van der Waals surface area contributed by atoms with Crippen molar-refractivity contribution in [3.8, 4) is 36.4 Å². The summed E-state index contributed by atoms with van der Waals surface area (Å²) in [7, 11) is 0. The highest BCUT2D eigenvalue weighted by atomic mass is 19.2. The van der Waals surface area contributed by atoms with Gasteiger partial charge < -0.3 is 0 Å². The molecule has 6 nitrogen and oxygen atoms in total. The summed E-state index contributed by atoms with van der Waals surface area (Å²) in [6, 6.07) is 10.3.